The zero-order valence-corrected chi connectivity index (χ0v) is 11.7. The van der Waals surface area contributed by atoms with E-state index < -0.39 is 0 Å². The number of nitrogens with one attached hydrogen (secondary N) is 1. The summed E-state index contributed by atoms with van der Waals surface area (Å²) in [7, 11) is 1.97. The Labute approximate surface area is 115 Å². The second kappa shape index (κ2) is 7.28. The molecule has 0 saturated carbocycles. The molecule has 0 bridgehead atoms. The highest BCUT2D eigenvalue weighted by Gasteiger charge is 2.25. The van der Waals surface area contributed by atoms with Gasteiger partial charge in [0.2, 0.25) is 5.91 Å². The molecular weight excluding hydrogens is 240 g/mol. The molecule has 1 atom stereocenters. The number of aromatic nitrogens is 2. The first-order chi connectivity index (χ1) is 9.31. The SMILES string of the molecule is CNCCC1CCCCN1C(=O)CCn1ccnc1. The number of imidazole rings is 1. The second-order valence-corrected chi connectivity index (χ2v) is 5.18. The summed E-state index contributed by atoms with van der Waals surface area (Å²) in [4.78, 5) is 18.4. The summed E-state index contributed by atoms with van der Waals surface area (Å²) in [5.74, 6) is 0.287. The van der Waals surface area contributed by atoms with E-state index in [-0.39, 0.29) is 5.91 Å². The zero-order chi connectivity index (χ0) is 13.5. The monoisotopic (exact) mass is 264 g/mol. The van der Waals surface area contributed by atoms with E-state index >= 15 is 0 Å². The molecule has 1 aromatic heterocycles. The van der Waals surface area contributed by atoms with Gasteiger partial charge in [0.05, 0.1) is 6.33 Å². The van der Waals surface area contributed by atoms with Gasteiger partial charge in [-0.15, -0.1) is 0 Å². The molecule has 0 radical (unpaired) electrons. The molecule has 0 aliphatic carbocycles. The lowest BCUT2D eigenvalue weighted by Crippen LogP contribution is -2.45. The van der Waals surface area contributed by atoms with Crippen molar-refractivity contribution in [2.45, 2.75) is 44.7 Å². The molecule has 1 aromatic rings. The van der Waals surface area contributed by atoms with Gasteiger partial charge in [0, 0.05) is 37.9 Å². The number of piperidine rings is 1. The molecule has 1 aliphatic heterocycles. The molecular formula is C14H24N4O. The van der Waals surface area contributed by atoms with Crippen LogP contribution in [0.4, 0.5) is 0 Å². The van der Waals surface area contributed by atoms with Gasteiger partial charge in [0.25, 0.3) is 0 Å². The Bertz CT molecular complexity index is 377. The van der Waals surface area contributed by atoms with Crippen molar-refractivity contribution in [1.29, 1.82) is 0 Å². The number of aryl methyl sites for hydroxylation is 1. The number of carbonyl (C=O) groups excluding carboxylic acids is 1. The van der Waals surface area contributed by atoms with Crippen LogP contribution in [0.5, 0.6) is 0 Å². The van der Waals surface area contributed by atoms with Gasteiger partial charge in [-0.25, -0.2) is 4.98 Å². The van der Waals surface area contributed by atoms with Gasteiger partial charge >= 0.3 is 0 Å². The largest absolute Gasteiger partial charge is 0.340 e. The predicted molar refractivity (Wildman–Crippen MR) is 74.7 cm³/mol. The van der Waals surface area contributed by atoms with Gasteiger partial charge in [0.1, 0.15) is 0 Å². The molecule has 5 nitrogen and oxygen atoms in total. The highest BCUT2D eigenvalue weighted by molar-refractivity contribution is 5.76. The molecule has 1 N–H and O–H groups in total. The topological polar surface area (TPSA) is 50.2 Å². The number of nitrogens with zero attached hydrogens (tertiary/aromatic N) is 3. The van der Waals surface area contributed by atoms with E-state index in [0.29, 0.717) is 12.5 Å². The molecule has 1 fully saturated rings. The highest BCUT2D eigenvalue weighted by atomic mass is 16.2. The summed E-state index contributed by atoms with van der Waals surface area (Å²) < 4.78 is 1.96. The van der Waals surface area contributed by atoms with E-state index in [2.05, 4.69) is 15.2 Å². The van der Waals surface area contributed by atoms with Crippen molar-refractivity contribution >= 4 is 5.91 Å². The molecule has 1 aliphatic rings. The number of rotatable bonds is 6. The minimum absolute atomic E-state index is 0.287. The van der Waals surface area contributed by atoms with Crippen molar-refractivity contribution in [2.75, 3.05) is 20.1 Å². The van der Waals surface area contributed by atoms with Crippen molar-refractivity contribution in [1.82, 2.24) is 19.8 Å². The second-order valence-electron chi connectivity index (χ2n) is 5.18. The average molecular weight is 264 g/mol. The van der Waals surface area contributed by atoms with Crippen molar-refractivity contribution < 1.29 is 4.79 Å². The maximum absolute atomic E-state index is 12.3. The first-order valence-corrected chi connectivity index (χ1v) is 7.21. The fourth-order valence-electron chi connectivity index (χ4n) is 2.73. The molecule has 2 heterocycles. The molecule has 1 saturated heterocycles. The Morgan fingerprint density at radius 1 is 1.47 bits per heavy atom. The molecule has 5 heteroatoms. The van der Waals surface area contributed by atoms with Crippen LogP contribution in [0.15, 0.2) is 18.7 Å². The van der Waals surface area contributed by atoms with Crippen LogP contribution in [0.25, 0.3) is 0 Å². The minimum Gasteiger partial charge on any atom is -0.340 e. The van der Waals surface area contributed by atoms with Crippen LogP contribution in [0.1, 0.15) is 32.1 Å². The fourth-order valence-corrected chi connectivity index (χ4v) is 2.73. The highest BCUT2D eigenvalue weighted by Crippen LogP contribution is 2.20. The number of likely N-dealkylation sites (tertiary alicyclic amines) is 1. The third kappa shape index (κ3) is 4.06. The molecule has 19 heavy (non-hydrogen) atoms. The standard InChI is InChI=1S/C14H24N4O/c1-15-7-5-13-4-2-3-9-18(13)14(19)6-10-17-11-8-16-12-17/h8,11-13,15H,2-7,9-10H2,1H3. The van der Waals surface area contributed by atoms with E-state index in [0.717, 1.165) is 38.9 Å². The van der Waals surface area contributed by atoms with Crippen molar-refractivity contribution in [3.63, 3.8) is 0 Å². The summed E-state index contributed by atoms with van der Waals surface area (Å²) in [6, 6.07) is 0.427. The molecule has 106 valence electrons. The fraction of sp³-hybridized carbons (Fsp3) is 0.714. The molecule has 0 spiro atoms. The van der Waals surface area contributed by atoms with Crippen LogP contribution in [0, 0.1) is 0 Å². The van der Waals surface area contributed by atoms with Crippen LogP contribution < -0.4 is 5.32 Å². The maximum Gasteiger partial charge on any atom is 0.224 e. The number of hydrogen-bond acceptors (Lipinski definition) is 3. The van der Waals surface area contributed by atoms with Crippen LogP contribution in [-0.2, 0) is 11.3 Å². The third-order valence-corrected chi connectivity index (χ3v) is 3.82. The predicted octanol–water partition coefficient (Wildman–Crippen LogP) is 1.26. The summed E-state index contributed by atoms with van der Waals surface area (Å²) in [5, 5.41) is 3.18. The first-order valence-electron chi connectivity index (χ1n) is 7.21. The summed E-state index contributed by atoms with van der Waals surface area (Å²) in [5.41, 5.74) is 0. The van der Waals surface area contributed by atoms with Crippen LogP contribution in [-0.4, -0.2) is 46.5 Å². The number of amides is 1. The van der Waals surface area contributed by atoms with Gasteiger partial charge in [-0.1, -0.05) is 0 Å². The summed E-state index contributed by atoms with van der Waals surface area (Å²) in [6.07, 6.45) is 10.6. The first kappa shape index (κ1) is 14.1. The van der Waals surface area contributed by atoms with Crippen LogP contribution >= 0.6 is 0 Å². The quantitative estimate of drug-likeness (QED) is 0.841. The summed E-state index contributed by atoms with van der Waals surface area (Å²) >= 11 is 0. The normalized spacial score (nSPS) is 19.6. The maximum atomic E-state index is 12.3. The minimum atomic E-state index is 0.287. The Balaban J connectivity index is 1.84. The molecule has 1 amide bonds. The van der Waals surface area contributed by atoms with Crippen LogP contribution in [0.2, 0.25) is 0 Å². The van der Waals surface area contributed by atoms with E-state index in [9.17, 15) is 4.79 Å². The van der Waals surface area contributed by atoms with Gasteiger partial charge < -0.3 is 14.8 Å². The number of carbonyl (C=O) groups is 1. The lowest BCUT2D eigenvalue weighted by atomic mass is 9.99. The van der Waals surface area contributed by atoms with Gasteiger partial charge in [-0.2, -0.15) is 0 Å². The molecule has 1 unspecified atom stereocenters. The third-order valence-electron chi connectivity index (χ3n) is 3.82. The Morgan fingerprint density at radius 2 is 2.37 bits per heavy atom. The lowest BCUT2D eigenvalue weighted by molar-refractivity contribution is -0.135. The van der Waals surface area contributed by atoms with Crippen molar-refractivity contribution in [3.05, 3.63) is 18.7 Å². The van der Waals surface area contributed by atoms with E-state index in [1.807, 2.05) is 17.8 Å². The lowest BCUT2D eigenvalue weighted by Gasteiger charge is -2.36. The van der Waals surface area contributed by atoms with Gasteiger partial charge in [-0.05, 0) is 39.3 Å². The van der Waals surface area contributed by atoms with E-state index in [4.69, 9.17) is 0 Å². The zero-order valence-electron chi connectivity index (χ0n) is 11.7. The molecule has 2 rings (SSSR count). The van der Waals surface area contributed by atoms with Gasteiger partial charge in [-0.3, -0.25) is 4.79 Å². The molecule has 0 aromatic carbocycles. The van der Waals surface area contributed by atoms with Crippen molar-refractivity contribution in [3.8, 4) is 0 Å². The Morgan fingerprint density at radius 3 is 3.11 bits per heavy atom. The average Bonchev–Trinajstić information content (AvgIpc) is 2.96. The van der Waals surface area contributed by atoms with Gasteiger partial charge in [0.15, 0.2) is 0 Å². The van der Waals surface area contributed by atoms with E-state index in [1.54, 1.807) is 12.5 Å². The van der Waals surface area contributed by atoms with Crippen molar-refractivity contribution in [2.24, 2.45) is 0 Å². The number of hydrogen-bond donors (Lipinski definition) is 1. The smallest absolute Gasteiger partial charge is 0.224 e. The van der Waals surface area contributed by atoms with E-state index in [1.165, 1.54) is 6.42 Å². The Kier molecular flexibility index (Phi) is 5.39. The van der Waals surface area contributed by atoms with Crippen LogP contribution in [0.3, 0.4) is 0 Å². The summed E-state index contributed by atoms with van der Waals surface area (Å²) in [6.45, 7) is 2.64. The Hall–Kier alpha value is -1.36.